The van der Waals surface area contributed by atoms with Gasteiger partial charge in [0.2, 0.25) is 0 Å². The van der Waals surface area contributed by atoms with Crippen LogP contribution in [0.5, 0.6) is 11.5 Å². The first-order chi connectivity index (χ1) is 15.9. The maximum absolute atomic E-state index is 13.0. The molecule has 0 saturated carbocycles. The lowest BCUT2D eigenvalue weighted by Crippen LogP contribution is -2.43. The number of aromatic amines is 1. The van der Waals surface area contributed by atoms with Crippen molar-refractivity contribution in [2.75, 3.05) is 37.0 Å². The monoisotopic (exact) mass is 460 g/mol. The summed E-state index contributed by atoms with van der Waals surface area (Å²) in [5.74, 6) is -0.518. The van der Waals surface area contributed by atoms with Crippen LogP contribution in [0, 0.1) is 0 Å². The van der Waals surface area contributed by atoms with Crippen LogP contribution in [0.25, 0.3) is 0 Å². The Kier molecular flexibility index (Phi) is 7.75. The summed E-state index contributed by atoms with van der Waals surface area (Å²) in [7, 11) is 0. The molecule has 1 amide bonds. The number of carbonyl (C=O) groups excluding carboxylic acids is 2. The van der Waals surface area contributed by atoms with Gasteiger partial charge in [0, 0.05) is 13.1 Å². The second kappa shape index (κ2) is 10.7. The van der Waals surface area contributed by atoms with Crippen molar-refractivity contribution in [3.63, 3.8) is 0 Å². The summed E-state index contributed by atoms with van der Waals surface area (Å²) in [5, 5.41) is 0. The molecule has 1 aliphatic rings. The van der Waals surface area contributed by atoms with Gasteiger partial charge in [-0.25, -0.2) is 9.59 Å². The Bertz CT molecular complexity index is 1140. The van der Waals surface area contributed by atoms with Crippen LogP contribution >= 0.6 is 0 Å². The van der Waals surface area contributed by atoms with Crippen molar-refractivity contribution in [2.45, 2.75) is 39.7 Å². The SMILES string of the molecule is CCCCN(C(=O)COC(=O)c1ccc2c(c1)OCCO2)c1c(N)n(CCC)c(=O)[nH]c1=O. The van der Waals surface area contributed by atoms with Crippen LogP contribution in [-0.2, 0) is 16.1 Å². The molecule has 0 unspecified atom stereocenters. The predicted octanol–water partition coefficient (Wildman–Crippen LogP) is 1.29. The van der Waals surface area contributed by atoms with Crippen molar-refractivity contribution in [1.82, 2.24) is 9.55 Å². The molecule has 0 atom stereocenters. The highest BCUT2D eigenvalue weighted by Gasteiger charge is 2.25. The third kappa shape index (κ3) is 5.36. The number of benzene rings is 1. The van der Waals surface area contributed by atoms with Gasteiger partial charge in [0.25, 0.3) is 11.5 Å². The van der Waals surface area contributed by atoms with E-state index in [1.54, 1.807) is 6.07 Å². The molecular weight excluding hydrogens is 432 g/mol. The van der Waals surface area contributed by atoms with E-state index in [0.717, 1.165) is 6.42 Å². The number of carbonyl (C=O) groups is 2. The predicted molar refractivity (Wildman–Crippen MR) is 121 cm³/mol. The van der Waals surface area contributed by atoms with Gasteiger partial charge in [0.05, 0.1) is 5.56 Å². The lowest BCUT2D eigenvalue weighted by atomic mass is 10.2. The van der Waals surface area contributed by atoms with Crippen LogP contribution in [0.4, 0.5) is 11.5 Å². The zero-order valence-corrected chi connectivity index (χ0v) is 18.7. The van der Waals surface area contributed by atoms with Gasteiger partial charge in [-0.15, -0.1) is 0 Å². The van der Waals surface area contributed by atoms with Crippen molar-refractivity contribution < 1.29 is 23.8 Å². The first-order valence-corrected chi connectivity index (χ1v) is 10.9. The number of esters is 1. The first-order valence-electron chi connectivity index (χ1n) is 10.9. The molecule has 1 aliphatic heterocycles. The summed E-state index contributed by atoms with van der Waals surface area (Å²) >= 11 is 0. The molecule has 1 aromatic carbocycles. The second-order valence-electron chi connectivity index (χ2n) is 7.48. The highest BCUT2D eigenvalue weighted by molar-refractivity contribution is 5.98. The van der Waals surface area contributed by atoms with Crippen molar-refractivity contribution in [3.05, 3.63) is 44.6 Å². The third-order valence-electron chi connectivity index (χ3n) is 5.07. The van der Waals surface area contributed by atoms with Crippen LogP contribution in [-0.4, -0.2) is 47.8 Å². The summed E-state index contributed by atoms with van der Waals surface area (Å²) in [6, 6.07) is 4.59. The molecule has 0 spiro atoms. The van der Waals surface area contributed by atoms with Crippen molar-refractivity contribution >= 4 is 23.4 Å². The number of nitrogens with one attached hydrogen (secondary N) is 1. The van der Waals surface area contributed by atoms with E-state index in [1.807, 2.05) is 13.8 Å². The lowest BCUT2D eigenvalue weighted by molar-refractivity contribution is -0.121. The van der Waals surface area contributed by atoms with Gasteiger partial charge in [-0.3, -0.25) is 19.1 Å². The topological polar surface area (TPSA) is 146 Å². The van der Waals surface area contributed by atoms with E-state index < -0.39 is 29.7 Å². The molecule has 2 aromatic rings. The minimum absolute atomic E-state index is 0.104. The number of aromatic nitrogens is 2. The molecule has 3 rings (SSSR count). The van der Waals surface area contributed by atoms with Gasteiger partial charge < -0.3 is 24.8 Å². The van der Waals surface area contributed by atoms with Gasteiger partial charge in [-0.2, -0.15) is 0 Å². The Morgan fingerprint density at radius 1 is 1.15 bits per heavy atom. The zero-order chi connectivity index (χ0) is 24.0. The Morgan fingerprint density at radius 3 is 2.58 bits per heavy atom. The summed E-state index contributed by atoms with van der Waals surface area (Å²) in [4.78, 5) is 53.5. The maximum Gasteiger partial charge on any atom is 0.338 e. The Balaban J connectivity index is 1.80. The summed E-state index contributed by atoms with van der Waals surface area (Å²) in [5.41, 5.74) is 4.76. The fourth-order valence-electron chi connectivity index (χ4n) is 3.42. The summed E-state index contributed by atoms with van der Waals surface area (Å²) in [6.07, 6.45) is 1.92. The number of nitrogen functional groups attached to an aromatic ring is 1. The number of hydrogen-bond acceptors (Lipinski definition) is 8. The second-order valence-corrected chi connectivity index (χ2v) is 7.48. The van der Waals surface area contributed by atoms with Crippen LogP contribution in [0.1, 0.15) is 43.5 Å². The summed E-state index contributed by atoms with van der Waals surface area (Å²) in [6.45, 7) is 4.42. The van der Waals surface area contributed by atoms with Crippen LogP contribution in [0.2, 0.25) is 0 Å². The van der Waals surface area contributed by atoms with E-state index in [0.29, 0.717) is 37.6 Å². The molecule has 33 heavy (non-hydrogen) atoms. The van der Waals surface area contributed by atoms with Gasteiger partial charge in [-0.05, 0) is 31.0 Å². The molecule has 0 radical (unpaired) electrons. The fraction of sp³-hybridized carbons (Fsp3) is 0.455. The van der Waals surface area contributed by atoms with Crippen molar-refractivity contribution in [3.8, 4) is 11.5 Å². The fourth-order valence-corrected chi connectivity index (χ4v) is 3.42. The van der Waals surface area contributed by atoms with E-state index >= 15 is 0 Å². The molecular formula is C22H28N4O7. The number of ether oxygens (including phenoxy) is 3. The van der Waals surface area contributed by atoms with Crippen LogP contribution in [0.3, 0.4) is 0 Å². The number of anilines is 2. The number of amides is 1. The number of unbranched alkanes of at least 4 members (excludes halogenated alkanes) is 1. The highest BCUT2D eigenvalue weighted by Crippen LogP contribution is 2.31. The molecule has 3 N–H and O–H groups in total. The van der Waals surface area contributed by atoms with Crippen LogP contribution in [0.15, 0.2) is 27.8 Å². The minimum atomic E-state index is -0.771. The normalized spacial score (nSPS) is 12.3. The number of nitrogens with two attached hydrogens (primary N) is 1. The Labute approximate surface area is 190 Å². The first kappa shape index (κ1) is 23.9. The van der Waals surface area contributed by atoms with E-state index in [2.05, 4.69) is 4.98 Å². The number of nitrogens with zero attached hydrogens (tertiary/aromatic N) is 2. The van der Waals surface area contributed by atoms with E-state index in [-0.39, 0.29) is 30.2 Å². The average Bonchev–Trinajstić information content (AvgIpc) is 2.81. The quantitative estimate of drug-likeness (QED) is 0.532. The number of fused-ring (bicyclic) bond motifs is 1. The number of rotatable bonds is 9. The highest BCUT2D eigenvalue weighted by atomic mass is 16.6. The van der Waals surface area contributed by atoms with E-state index in [9.17, 15) is 19.2 Å². The van der Waals surface area contributed by atoms with Gasteiger partial charge in [0.1, 0.15) is 19.0 Å². The molecule has 11 heteroatoms. The standard InChI is InChI=1S/C22H28N4O7/c1-3-5-9-25(18-19(23)26(8-4-2)22(30)24-20(18)28)17(27)13-33-21(29)14-6-7-15-16(12-14)32-11-10-31-15/h6-7,12H,3-5,8-11,13,23H2,1-2H3,(H,24,28,30). The van der Waals surface area contributed by atoms with Crippen molar-refractivity contribution in [1.29, 1.82) is 0 Å². The van der Waals surface area contributed by atoms with Gasteiger partial charge in [0.15, 0.2) is 23.8 Å². The molecule has 0 aliphatic carbocycles. The van der Waals surface area contributed by atoms with E-state index in [4.69, 9.17) is 19.9 Å². The Hall–Kier alpha value is -3.76. The molecule has 0 saturated heterocycles. The minimum Gasteiger partial charge on any atom is -0.486 e. The molecule has 178 valence electrons. The van der Waals surface area contributed by atoms with Gasteiger partial charge in [-0.1, -0.05) is 20.3 Å². The number of hydrogen-bond donors (Lipinski definition) is 2. The van der Waals surface area contributed by atoms with Gasteiger partial charge >= 0.3 is 11.7 Å². The third-order valence-corrected chi connectivity index (χ3v) is 5.07. The zero-order valence-electron chi connectivity index (χ0n) is 18.7. The molecule has 0 bridgehead atoms. The average molecular weight is 460 g/mol. The largest absolute Gasteiger partial charge is 0.486 e. The Morgan fingerprint density at radius 2 is 1.88 bits per heavy atom. The molecule has 0 fully saturated rings. The number of H-pyrrole nitrogens is 1. The van der Waals surface area contributed by atoms with Crippen molar-refractivity contribution in [2.24, 2.45) is 0 Å². The summed E-state index contributed by atoms with van der Waals surface area (Å²) < 4.78 is 17.3. The molecule has 1 aromatic heterocycles. The van der Waals surface area contributed by atoms with Crippen LogP contribution < -0.4 is 31.4 Å². The smallest absolute Gasteiger partial charge is 0.338 e. The van der Waals surface area contributed by atoms with E-state index in [1.165, 1.54) is 21.6 Å². The maximum atomic E-state index is 13.0. The molecule has 11 nitrogen and oxygen atoms in total. The lowest BCUT2D eigenvalue weighted by Gasteiger charge is -2.24. The molecule has 2 heterocycles.